The van der Waals surface area contributed by atoms with Gasteiger partial charge in [0.1, 0.15) is 19.3 Å². The van der Waals surface area contributed by atoms with Crippen molar-refractivity contribution in [2.75, 3.05) is 39.6 Å². The molecule has 0 saturated heterocycles. The van der Waals surface area contributed by atoms with Crippen molar-refractivity contribution in [3.63, 3.8) is 0 Å². The van der Waals surface area contributed by atoms with Crippen molar-refractivity contribution in [3.8, 4) is 0 Å². The number of esters is 4. The molecule has 5 atom stereocenters. The van der Waals surface area contributed by atoms with Gasteiger partial charge in [-0.3, -0.25) is 37.3 Å². The molecule has 3 N–H and O–H groups in total. The Balaban J connectivity index is 5.52. The quantitative estimate of drug-likeness (QED) is 0.0169. The van der Waals surface area contributed by atoms with Gasteiger partial charge in [-0.05, 0) is 154 Å². The second kappa shape index (κ2) is 80.0. The molecule has 0 aromatic heterocycles. The molecule has 0 heterocycles. The SMILES string of the molecule is CCCCC/C=C\C/C=C\C/C=C\C/C=C\C/C=C\CCC(=O)OC[C@H](COP(=O)(O)OC[C@@H](O)COP(=O)(O)OC[C@@H](COC(=O)CCCCCCC/C=C\CCCCCCCC)OC(=O)CCCCCCC/C=C\CCCCCCCC)OC(=O)CC/C=C\C/C=C\C/C=C\C/C=C\C/C=C\CCCCC. The van der Waals surface area contributed by atoms with Crippen molar-refractivity contribution in [1.29, 1.82) is 0 Å². The maximum Gasteiger partial charge on any atom is 0.472 e. The maximum atomic E-state index is 13.1. The average Bonchev–Trinajstić information content (AvgIpc) is 0.896. The van der Waals surface area contributed by atoms with E-state index in [-0.39, 0.29) is 25.7 Å². The lowest BCUT2D eigenvalue weighted by molar-refractivity contribution is -0.161. The highest BCUT2D eigenvalue weighted by Crippen LogP contribution is 2.45. The molecule has 0 aromatic carbocycles. The highest BCUT2D eigenvalue weighted by molar-refractivity contribution is 7.47. The van der Waals surface area contributed by atoms with Gasteiger partial charge in [0.2, 0.25) is 0 Å². The van der Waals surface area contributed by atoms with Gasteiger partial charge in [0.15, 0.2) is 12.2 Å². The van der Waals surface area contributed by atoms with Gasteiger partial charge in [0.25, 0.3) is 0 Å². The number of aliphatic hydroxyl groups is 1. The molecule has 0 spiro atoms. The van der Waals surface area contributed by atoms with Crippen LogP contribution in [0.25, 0.3) is 0 Å². The Morgan fingerprint density at radius 2 is 0.472 bits per heavy atom. The summed E-state index contributed by atoms with van der Waals surface area (Å²) in [6, 6.07) is 0. The van der Waals surface area contributed by atoms with E-state index < -0.39 is 97.5 Å². The molecule has 0 aliphatic carbocycles. The fourth-order valence-corrected chi connectivity index (χ4v) is 12.4. The summed E-state index contributed by atoms with van der Waals surface area (Å²) in [6.45, 7) is 4.64. The van der Waals surface area contributed by atoms with E-state index in [1.807, 2.05) is 36.5 Å². The van der Waals surface area contributed by atoms with E-state index in [1.165, 1.54) is 116 Å². The van der Waals surface area contributed by atoms with Crippen LogP contribution in [0.4, 0.5) is 0 Å². The van der Waals surface area contributed by atoms with Crippen molar-refractivity contribution >= 4 is 39.5 Å². The van der Waals surface area contributed by atoms with Crippen LogP contribution >= 0.6 is 15.6 Å². The lowest BCUT2D eigenvalue weighted by atomic mass is 10.1. The number of phosphoric ester groups is 2. The van der Waals surface area contributed by atoms with Crippen LogP contribution in [0.15, 0.2) is 146 Å². The second-order valence-corrected chi connectivity index (χ2v) is 30.6. The Bertz CT molecular complexity index is 2610. The van der Waals surface area contributed by atoms with E-state index in [2.05, 4.69) is 137 Å². The predicted molar refractivity (Wildman–Crippen MR) is 445 cm³/mol. The first-order chi connectivity index (χ1) is 52.7. The number of ether oxygens (including phenoxy) is 4. The van der Waals surface area contributed by atoms with E-state index in [4.69, 9.17) is 37.0 Å². The zero-order chi connectivity index (χ0) is 78.9. The molecule has 19 heteroatoms. The Hall–Kier alpha value is -5.06. The molecule has 0 saturated carbocycles. The highest BCUT2D eigenvalue weighted by atomic mass is 31.2. The second-order valence-electron chi connectivity index (χ2n) is 27.7. The summed E-state index contributed by atoms with van der Waals surface area (Å²) in [5.41, 5.74) is 0. The van der Waals surface area contributed by atoms with E-state index >= 15 is 0 Å². The van der Waals surface area contributed by atoms with Gasteiger partial charge in [-0.15, -0.1) is 0 Å². The minimum Gasteiger partial charge on any atom is -0.462 e. The first kappa shape index (κ1) is 103. The standard InChI is InChI=1S/C89H150O17P2/c1-5-9-13-17-21-25-29-33-37-39-41-43-47-50-54-58-62-66-70-74-87(92)100-80-85(106-89(94)76-72-68-64-60-56-52-48-44-42-40-38-34-30-26-22-18-14-10-6-2)82-104-108(97,98)102-78-83(90)77-101-107(95,96)103-81-84(105-88(93)75-71-67-63-59-55-51-46-36-32-28-24-20-16-12-8-4)79-99-86(91)73-69-65-61-57-53-49-45-35-31-27-23-19-15-11-7-3/h21-22,25-26,33-38,41-46,50,52,54,56,62,64,66,68,83-85,90H,5-20,23-24,27-32,39-40,47-49,51,53,55,57-61,63,65,67,69-82H2,1-4H3,(H,95,96)(H,97,98)/b25-21-,26-22-,37-33-,38-34-,43-41-,44-42-,45-35-,46-36-,54-50-,56-52-,66-62-,68-64-/t83-,84+,85+/m0/s1. The molecule has 0 aliphatic rings. The summed E-state index contributed by atoms with van der Waals surface area (Å²) in [5.74, 6) is -2.39. The fourth-order valence-electron chi connectivity index (χ4n) is 10.8. The van der Waals surface area contributed by atoms with Crippen LogP contribution in [0.2, 0.25) is 0 Å². The molecule has 2 unspecified atom stereocenters. The van der Waals surface area contributed by atoms with E-state index in [0.29, 0.717) is 38.5 Å². The maximum absolute atomic E-state index is 13.1. The summed E-state index contributed by atoms with van der Waals surface area (Å²) in [6.07, 6.45) is 92.7. The number of unbranched alkanes of at least 4 members (excludes halogenated alkanes) is 28. The Labute approximate surface area is 656 Å². The van der Waals surface area contributed by atoms with Gasteiger partial charge in [-0.1, -0.05) is 302 Å². The molecule has 0 bridgehead atoms. The normalized spacial score (nSPS) is 14.5. The molecule has 0 aromatic rings. The molecular weight excluding hydrogens is 1400 g/mol. The molecule has 0 fully saturated rings. The van der Waals surface area contributed by atoms with Crippen LogP contribution in [0.3, 0.4) is 0 Å². The minimum atomic E-state index is -5.02. The molecule has 0 rings (SSSR count). The van der Waals surface area contributed by atoms with Gasteiger partial charge in [0.05, 0.1) is 26.4 Å². The van der Waals surface area contributed by atoms with Crippen molar-refractivity contribution in [2.45, 2.75) is 354 Å². The number of hydrogen-bond donors (Lipinski definition) is 3. The van der Waals surface area contributed by atoms with Crippen LogP contribution in [0.1, 0.15) is 336 Å². The lowest BCUT2D eigenvalue weighted by Crippen LogP contribution is -2.30. The summed E-state index contributed by atoms with van der Waals surface area (Å²) in [5, 5.41) is 10.7. The van der Waals surface area contributed by atoms with Gasteiger partial charge in [-0.25, -0.2) is 9.13 Å². The van der Waals surface area contributed by atoms with Crippen molar-refractivity contribution in [1.82, 2.24) is 0 Å². The van der Waals surface area contributed by atoms with Gasteiger partial charge in [0, 0.05) is 25.7 Å². The fraction of sp³-hybridized carbons (Fsp3) is 0.685. The van der Waals surface area contributed by atoms with E-state index in [9.17, 15) is 43.2 Å². The molecule has 0 amide bonds. The topological polar surface area (TPSA) is 237 Å². The third-order valence-corrected chi connectivity index (χ3v) is 19.2. The van der Waals surface area contributed by atoms with Crippen LogP contribution in [0, 0.1) is 0 Å². The predicted octanol–water partition coefficient (Wildman–Crippen LogP) is 25.0. The monoisotopic (exact) mass is 1550 g/mol. The van der Waals surface area contributed by atoms with Crippen molar-refractivity contribution in [3.05, 3.63) is 146 Å². The zero-order valence-electron chi connectivity index (χ0n) is 67.7. The van der Waals surface area contributed by atoms with Crippen molar-refractivity contribution in [2.24, 2.45) is 0 Å². The smallest absolute Gasteiger partial charge is 0.462 e. The highest BCUT2D eigenvalue weighted by Gasteiger charge is 2.30. The van der Waals surface area contributed by atoms with E-state index in [0.717, 1.165) is 128 Å². The molecule has 0 aliphatic heterocycles. The third-order valence-electron chi connectivity index (χ3n) is 17.3. The molecular formula is C89H150O17P2. The van der Waals surface area contributed by atoms with Crippen LogP contribution < -0.4 is 0 Å². The zero-order valence-corrected chi connectivity index (χ0v) is 69.5. The first-order valence-electron chi connectivity index (χ1n) is 42.1. The van der Waals surface area contributed by atoms with Gasteiger partial charge < -0.3 is 33.8 Å². The third kappa shape index (κ3) is 79.0. The lowest BCUT2D eigenvalue weighted by Gasteiger charge is -2.21. The van der Waals surface area contributed by atoms with Crippen LogP contribution in [-0.4, -0.2) is 96.7 Å². The molecule has 17 nitrogen and oxygen atoms in total. The summed E-state index contributed by atoms with van der Waals surface area (Å²) in [7, 11) is -10.0. The summed E-state index contributed by atoms with van der Waals surface area (Å²) >= 11 is 0. The first-order valence-corrected chi connectivity index (χ1v) is 45.1. The summed E-state index contributed by atoms with van der Waals surface area (Å²) in [4.78, 5) is 73.1. The number of hydrogen-bond acceptors (Lipinski definition) is 15. The number of carbonyl (C=O) groups excluding carboxylic acids is 4. The van der Waals surface area contributed by atoms with Gasteiger partial charge >= 0.3 is 39.5 Å². The number of rotatable bonds is 78. The Morgan fingerprint density at radius 3 is 0.796 bits per heavy atom. The Kier molecular flexibility index (Phi) is 76.3. The summed E-state index contributed by atoms with van der Waals surface area (Å²) < 4.78 is 68.5. The number of aliphatic hydroxyl groups excluding tert-OH is 1. The molecule has 618 valence electrons. The molecule has 108 heavy (non-hydrogen) atoms. The number of carbonyl (C=O) groups is 4. The van der Waals surface area contributed by atoms with Crippen molar-refractivity contribution < 1.29 is 80.2 Å². The van der Waals surface area contributed by atoms with Crippen LogP contribution in [-0.2, 0) is 65.4 Å². The number of allylic oxidation sites excluding steroid dienone is 24. The molecule has 0 radical (unpaired) electrons. The average molecular weight is 1550 g/mol. The van der Waals surface area contributed by atoms with Gasteiger partial charge in [-0.2, -0.15) is 0 Å². The largest absolute Gasteiger partial charge is 0.472 e. The van der Waals surface area contributed by atoms with E-state index in [1.54, 1.807) is 0 Å². The minimum absolute atomic E-state index is 0.0182. The van der Waals surface area contributed by atoms with Crippen LogP contribution in [0.5, 0.6) is 0 Å². The number of phosphoric acid groups is 2. The Morgan fingerprint density at radius 1 is 0.259 bits per heavy atom.